The van der Waals surface area contributed by atoms with Crippen LogP contribution < -0.4 is 9.44 Å². The van der Waals surface area contributed by atoms with Gasteiger partial charge in [0.15, 0.2) is 5.13 Å². The fraction of sp³-hybridized carbons (Fsp3) is 0.214. The molecule has 128 valence electrons. The van der Waals surface area contributed by atoms with Gasteiger partial charge in [-0.1, -0.05) is 6.07 Å². The maximum Gasteiger partial charge on any atom is 0.263 e. The Morgan fingerprint density at radius 3 is 2.67 bits per heavy atom. The van der Waals surface area contributed by atoms with E-state index < -0.39 is 20.0 Å². The van der Waals surface area contributed by atoms with Crippen molar-refractivity contribution in [2.75, 3.05) is 15.2 Å². The lowest BCUT2D eigenvalue weighted by Gasteiger charge is -2.10. The van der Waals surface area contributed by atoms with E-state index in [1.807, 2.05) is 0 Å². The van der Waals surface area contributed by atoms with Gasteiger partial charge in [-0.3, -0.25) is 9.44 Å². The van der Waals surface area contributed by atoms with Gasteiger partial charge in [-0.2, -0.15) is 0 Å². The Hall–Kier alpha value is -2.09. The summed E-state index contributed by atoms with van der Waals surface area (Å²) in [5.74, 6) is 2.24. The minimum Gasteiger partial charge on any atom is -0.284 e. The molecule has 1 aromatic carbocycles. The van der Waals surface area contributed by atoms with E-state index >= 15 is 0 Å². The SMILES string of the molecule is C#CCCCS(=O)(=O)Nc1cccc(S(=O)(=O)Nc2nccs2)c1. The Kier molecular flexibility index (Phi) is 5.82. The molecule has 1 heterocycles. The zero-order valence-corrected chi connectivity index (χ0v) is 14.9. The quantitative estimate of drug-likeness (QED) is 0.535. The minimum atomic E-state index is -3.85. The van der Waals surface area contributed by atoms with Crippen molar-refractivity contribution in [2.45, 2.75) is 17.7 Å². The lowest BCUT2D eigenvalue weighted by Crippen LogP contribution is -2.17. The molecule has 10 heteroatoms. The topological polar surface area (TPSA) is 105 Å². The maximum atomic E-state index is 12.3. The van der Waals surface area contributed by atoms with Crippen molar-refractivity contribution < 1.29 is 16.8 Å². The van der Waals surface area contributed by atoms with Crippen molar-refractivity contribution in [3.05, 3.63) is 35.8 Å². The van der Waals surface area contributed by atoms with Crippen molar-refractivity contribution in [2.24, 2.45) is 0 Å². The zero-order chi connectivity index (χ0) is 17.6. The number of terminal acetylenes is 1. The fourth-order valence-electron chi connectivity index (χ4n) is 1.77. The molecule has 0 atom stereocenters. The second-order valence-electron chi connectivity index (χ2n) is 4.70. The standard InChI is InChI=1S/C14H15N3O4S3/c1-2-3-4-10-23(18,19)16-12-6-5-7-13(11-12)24(20,21)17-14-15-8-9-22-14/h1,5-9,11,16H,3-4,10H2,(H,15,17). The highest BCUT2D eigenvalue weighted by molar-refractivity contribution is 7.93. The summed E-state index contributed by atoms with van der Waals surface area (Å²) >= 11 is 1.14. The van der Waals surface area contributed by atoms with Crippen molar-refractivity contribution in [3.63, 3.8) is 0 Å². The third-order valence-electron chi connectivity index (χ3n) is 2.81. The average molecular weight is 385 g/mol. The van der Waals surface area contributed by atoms with Crippen LogP contribution in [0.25, 0.3) is 0 Å². The molecule has 0 fully saturated rings. The van der Waals surface area contributed by atoms with Crippen LogP contribution in [0.4, 0.5) is 10.8 Å². The number of benzene rings is 1. The first kappa shape index (κ1) is 18.3. The molecule has 0 aliphatic carbocycles. The summed E-state index contributed by atoms with van der Waals surface area (Å²) in [6.45, 7) is 0. The first-order chi connectivity index (χ1) is 11.3. The number of unbranched alkanes of at least 4 members (excludes halogenated alkanes) is 1. The van der Waals surface area contributed by atoms with Gasteiger partial charge in [-0.25, -0.2) is 21.8 Å². The van der Waals surface area contributed by atoms with Gasteiger partial charge in [0.2, 0.25) is 10.0 Å². The maximum absolute atomic E-state index is 12.3. The molecule has 0 aliphatic rings. The van der Waals surface area contributed by atoms with Crippen LogP contribution in [0.5, 0.6) is 0 Å². The summed E-state index contributed by atoms with van der Waals surface area (Å²) in [5, 5.41) is 1.87. The van der Waals surface area contributed by atoms with Crippen LogP contribution in [0.1, 0.15) is 12.8 Å². The van der Waals surface area contributed by atoms with E-state index in [1.165, 1.54) is 30.5 Å². The number of rotatable bonds is 8. The molecule has 0 spiro atoms. The predicted octanol–water partition coefficient (Wildman–Crippen LogP) is 2.10. The van der Waals surface area contributed by atoms with Crippen molar-refractivity contribution in [1.29, 1.82) is 0 Å². The molecule has 1 aromatic heterocycles. The number of aromatic nitrogens is 1. The van der Waals surface area contributed by atoms with Crippen molar-refractivity contribution >= 4 is 42.2 Å². The van der Waals surface area contributed by atoms with Gasteiger partial charge in [0.1, 0.15) is 0 Å². The normalized spacial score (nSPS) is 11.6. The summed E-state index contributed by atoms with van der Waals surface area (Å²) in [5.41, 5.74) is 0.165. The lowest BCUT2D eigenvalue weighted by molar-refractivity contribution is 0.597. The largest absolute Gasteiger partial charge is 0.284 e. The zero-order valence-electron chi connectivity index (χ0n) is 12.5. The molecule has 0 saturated carbocycles. The number of nitrogens with zero attached hydrogens (tertiary/aromatic N) is 1. The fourth-order valence-corrected chi connectivity index (χ4v) is 4.72. The van der Waals surface area contributed by atoms with E-state index in [9.17, 15) is 16.8 Å². The molecule has 0 unspecified atom stereocenters. The molecule has 24 heavy (non-hydrogen) atoms. The summed E-state index contributed by atoms with van der Waals surface area (Å²) < 4.78 is 53.1. The van der Waals surface area contributed by atoms with Gasteiger partial charge in [0.05, 0.1) is 10.6 Å². The number of hydrogen-bond donors (Lipinski definition) is 2. The van der Waals surface area contributed by atoms with Gasteiger partial charge in [0.25, 0.3) is 10.0 Å². The first-order valence-corrected chi connectivity index (χ1v) is 10.8. The smallest absolute Gasteiger partial charge is 0.263 e. The first-order valence-electron chi connectivity index (χ1n) is 6.79. The number of thiazole rings is 1. The van der Waals surface area contributed by atoms with Crippen LogP contribution >= 0.6 is 11.3 Å². The average Bonchev–Trinajstić information content (AvgIpc) is 2.99. The molecule has 0 saturated heterocycles. The van der Waals surface area contributed by atoms with E-state index in [-0.39, 0.29) is 21.5 Å². The molecule has 0 amide bonds. The molecule has 2 aromatic rings. The number of anilines is 2. The Labute approximate surface area is 145 Å². The highest BCUT2D eigenvalue weighted by Gasteiger charge is 2.17. The van der Waals surface area contributed by atoms with Gasteiger partial charge in [-0.15, -0.1) is 23.7 Å². The number of nitrogens with one attached hydrogen (secondary N) is 2. The van der Waals surface area contributed by atoms with Crippen molar-refractivity contribution in [1.82, 2.24) is 4.98 Å². The van der Waals surface area contributed by atoms with Crippen LogP contribution in [-0.2, 0) is 20.0 Å². The molecule has 2 rings (SSSR count). The summed E-state index contributed by atoms with van der Waals surface area (Å²) in [7, 11) is -7.44. The Bertz CT molecular complexity index is 930. The Morgan fingerprint density at radius 2 is 2.00 bits per heavy atom. The van der Waals surface area contributed by atoms with Crippen LogP contribution in [0.15, 0.2) is 40.7 Å². The highest BCUT2D eigenvalue weighted by atomic mass is 32.2. The predicted molar refractivity (Wildman–Crippen MR) is 94.8 cm³/mol. The summed E-state index contributed by atoms with van der Waals surface area (Å²) in [6, 6.07) is 5.54. The molecule has 0 bridgehead atoms. The second kappa shape index (κ2) is 7.65. The monoisotopic (exact) mass is 385 g/mol. The van der Waals surface area contributed by atoms with Crippen LogP contribution in [0.2, 0.25) is 0 Å². The van der Waals surface area contributed by atoms with Gasteiger partial charge in [-0.05, 0) is 24.6 Å². The van der Waals surface area contributed by atoms with E-state index in [0.29, 0.717) is 12.8 Å². The van der Waals surface area contributed by atoms with E-state index in [2.05, 4.69) is 20.3 Å². The third-order valence-corrected chi connectivity index (χ3v) is 6.33. The van der Waals surface area contributed by atoms with Gasteiger partial charge in [0, 0.05) is 23.7 Å². The van der Waals surface area contributed by atoms with E-state index in [0.717, 1.165) is 11.3 Å². The molecule has 0 aliphatic heterocycles. The summed E-state index contributed by atoms with van der Waals surface area (Å²) in [4.78, 5) is 3.78. The van der Waals surface area contributed by atoms with Gasteiger partial charge < -0.3 is 0 Å². The highest BCUT2D eigenvalue weighted by Crippen LogP contribution is 2.21. The van der Waals surface area contributed by atoms with Crippen LogP contribution in [-0.4, -0.2) is 27.6 Å². The number of hydrogen-bond acceptors (Lipinski definition) is 6. The second-order valence-corrected chi connectivity index (χ2v) is 9.12. The Balaban J connectivity index is 2.15. The summed E-state index contributed by atoms with van der Waals surface area (Å²) in [6.07, 6.45) is 7.25. The van der Waals surface area contributed by atoms with Crippen LogP contribution in [0, 0.1) is 12.3 Å². The lowest BCUT2D eigenvalue weighted by atomic mass is 10.3. The van der Waals surface area contributed by atoms with Crippen molar-refractivity contribution in [3.8, 4) is 12.3 Å². The Morgan fingerprint density at radius 1 is 1.21 bits per heavy atom. The molecular formula is C14H15N3O4S3. The van der Waals surface area contributed by atoms with E-state index in [4.69, 9.17) is 6.42 Å². The third kappa shape index (κ3) is 5.23. The minimum absolute atomic E-state index is 0.0680. The molecule has 2 N–H and O–H groups in total. The number of sulfonamides is 2. The van der Waals surface area contributed by atoms with Gasteiger partial charge >= 0.3 is 0 Å². The molecule has 7 nitrogen and oxygen atoms in total. The molecular weight excluding hydrogens is 370 g/mol. The molecule has 0 radical (unpaired) electrons. The van der Waals surface area contributed by atoms with E-state index in [1.54, 1.807) is 5.38 Å². The van der Waals surface area contributed by atoms with Crippen LogP contribution in [0.3, 0.4) is 0 Å².